The van der Waals surface area contributed by atoms with E-state index in [1.165, 1.54) is 0 Å². The molecule has 4 aromatic rings. The highest BCUT2D eigenvalue weighted by Gasteiger charge is 2.15. The zero-order chi connectivity index (χ0) is 20.2. The molecule has 146 valence electrons. The molecule has 0 saturated carbocycles. The number of rotatable bonds is 6. The van der Waals surface area contributed by atoms with Crippen molar-refractivity contribution in [3.05, 3.63) is 101 Å². The first-order valence-electron chi connectivity index (χ1n) is 9.23. The summed E-state index contributed by atoms with van der Waals surface area (Å²) in [5, 5.41) is 7.99. The molecule has 0 saturated heterocycles. The van der Waals surface area contributed by atoms with Gasteiger partial charge in [0.15, 0.2) is 0 Å². The Morgan fingerprint density at radius 1 is 1.14 bits per heavy atom. The molecule has 0 atom stereocenters. The molecule has 29 heavy (non-hydrogen) atoms. The van der Waals surface area contributed by atoms with Gasteiger partial charge in [-0.1, -0.05) is 41.9 Å². The van der Waals surface area contributed by atoms with Gasteiger partial charge in [0.2, 0.25) is 0 Å². The van der Waals surface area contributed by atoms with Crippen LogP contribution in [0, 0.1) is 6.92 Å². The summed E-state index contributed by atoms with van der Waals surface area (Å²) in [5.74, 6) is -0.159. The molecule has 2 aromatic carbocycles. The van der Waals surface area contributed by atoms with Crippen LogP contribution < -0.4 is 5.32 Å². The molecule has 0 bridgehead atoms. The third-order valence-corrected chi connectivity index (χ3v) is 5.01. The fourth-order valence-electron chi connectivity index (χ4n) is 3.23. The van der Waals surface area contributed by atoms with Crippen LogP contribution in [0.1, 0.15) is 27.2 Å². The van der Waals surface area contributed by atoms with E-state index in [-0.39, 0.29) is 5.91 Å². The number of imidazole rings is 1. The van der Waals surface area contributed by atoms with Gasteiger partial charge in [-0.25, -0.2) is 9.67 Å². The maximum Gasteiger partial charge on any atom is 0.255 e. The predicted molar refractivity (Wildman–Crippen MR) is 112 cm³/mol. The maximum absolute atomic E-state index is 12.8. The largest absolute Gasteiger partial charge is 0.348 e. The molecule has 1 amide bonds. The highest BCUT2D eigenvalue weighted by atomic mass is 35.5. The lowest BCUT2D eigenvalue weighted by atomic mass is 10.1. The summed E-state index contributed by atoms with van der Waals surface area (Å²) in [6.07, 6.45) is 7.04. The van der Waals surface area contributed by atoms with Gasteiger partial charge in [0.1, 0.15) is 0 Å². The fraction of sp³-hybridized carbons (Fsp3) is 0.136. The van der Waals surface area contributed by atoms with Crippen molar-refractivity contribution < 1.29 is 4.79 Å². The standard InChI is InChI=1S/C22H20ClN5O/c1-16-21(13-26-28(16)20-8-4-7-19(23)11-20)22(29)25-12-17-5-2-3-6-18(17)14-27-10-9-24-15-27/h2-11,13,15H,12,14H2,1H3,(H,25,29). The van der Waals surface area contributed by atoms with Crippen molar-refractivity contribution in [2.24, 2.45) is 0 Å². The Morgan fingerprint density at radius 2 is 1.97 bits per heavy atom. The van der Waals surface area contributed by atoms with Crippen molar-refractivity contribution >= 4 is 17.5 Å². The van der Waals surface area contributed by atoms with Crippen LogP contribution in [-0.2, 0) is 13.1 Å². The Bertz CT molecular complexity index is 1130. The van der Waals surface area contributed by atoms with Crippen molar-refractivity contribution in [3.8, 4) is 5.69 Å². The van der Waals surface area contributed by atoms with Crippen molar-refractivity contribution in [1.29, 1.82) is 0 Å². The van der Waals surface area contributed by atoms with Crippen LogP contribution in [0.2, 0.25) is 5.02 Å². The first-order chi connectivity index (χ1) is 14.1. The van der Waals surface area contributed by atoms with Gasteiger partial charge in [0.25, 0.3) is 5.91 Å². The number of nitrogens with one attached hydrogen (secondary N) is 1. The number of aromatic nitrogens is 4. The number of amides is 1. The molecule has 4 rings (SSSR count). The fourth-order valence-corrected chi connectivity index (χ4v) is 3.42. The summed E-state index contributed by atoms with van der Waals surface area (Å²) in [5.41, 5.74) is 4.32. The second-order valence-electron chi connectivity index (χ2n) is 6.72. The van der Waals surface area contributed by atoms with E-state index in [0.29, 0.717) is 23.7 Å². The molecule has 0 spiro atoms. The van der Waals surface area contributed by atoms with E-state index in [1.54, 1.807) is 29.5 Å². The summed E-state index contributed by atoms with van der Waals surface area (Å²) in [4.78, 5) is 16.9. The molecule has 6 nitrogen and oxygen atoms in total. The number of halogens is 1. The number of carbonyl (C=O) groups is 1. The monoisotopic (exact) mass is 405 g/mol. The molecule has 0 aliphatic heterocycles. The Morgan fingerprint density at radius 3 is 2.72 bits per heavy atom. The van der Waals surface area contributed by atoms with E-state index < -0.39 is 0 Å². The molecular weight excluding hydrogens is 386 g/mol. The Kier molecular flexibility index (Phi) is 5.44. The van der Waals surface area contributed by atoms with E-state index in [4.69, 9.17) is 11.6 Å². The van der Waals surface area contributed by atoms with E-state index in [2.05, 4.69) is 21.5 Å². The molecular formula is C22H20ClN5O. The number of carbonyl (C=O) groups excluding carboxylic acids is 1. The van der Waals surface area contributed by atoms with E-state index in [9.17, 15) is 4.79 Å². The van der Waals surface area contributed by atoms with Crippen molar-refractivity contribution in [1.82, 2.24) is 24.6 Å². The average Bonchev–Trinajstić information content (AvgIpc) is 3.37. The van der Waals surface area contributed by atoms with Gasteiger partial charge in [-0.05, 0) is 36.2 Å². The summed E-state index contributed by atoms with van der Waals surface area (Å²) in [6.45, 7) is 3.01. The second kappa shape index (κ2) is 8.32. The van der Waals surface area contributed by atoms with Crippen molar-refractivity contribution in [2.75, 3.05) is 0 Å². The molecule has 2 aromatic heterocycles. The molecule has 2 heterocycles. The first kappa shape index (κ1) is 19.0. The van der Waals surface area contributed by atoms with Crippen LogP contribution in [0.25, 0.3) is 5.69 Å². The first-order valence-corrected chi connectivity index (χ1v) is 9.61. The molecule has 7 heteroatoms. The van der Waals surface area contributed by atoms with Gasteiger partial charge in [-0.3, -0.25) is 4.79 Å². The Labute approximate surface area is 173 Å². The van der Waals surface area contributed by atoms with Gasteiger partial charge < -0.3 is 9.88 Å². The lowest BCUT2D eigenvalue weighted by Crippen LogP contribution is -2.24. The van der Waals surface area contributed by atoms with Crippen LogP contribution in [0.3, 0.4) is 0 Å². The lowest BCUT2D eigenvalue weighted by Gasteiger charge is -2.11. The number of nitrogens with zero attached hydrogens (tertiary/aromatic N) is 4. The van der Waals surface area contributed by atoms with E-state index >= 15 is 0 Å². The molecule has 0 aliphatic carbocycles. The highest BCUT2D eigenvalue weighted by Crippen LogP contribution is 2.18. The summed E-state index contributed by atoms with van der Waals surface area (Å²) in [7, 11) is 0. The minimum Gasteiger partial charge on any atom is -0.348 e. The minimum absolute atomic E-state index is 0.159. The van der Waals surface area contributed by atoms with Crippen LogP contribution in [0.15, 0.2) is 73.4 Å². The third kappa shape index (κ3) is 4.22. The van der Waals surface area contributed by atoms with E-state index in [0.717, 1.165) is 22.5 Å². The molecule has 1 N–H and O–H groups in total. The van der Waals surface area contributed by atoms with Crippen LogP contribution >= 0.6 is 11.6 Å². The van der Waals surface area contributed by atoms with Crippen LogP contribution in [-0.4, -0.2) is 25.2 Å². The summed E-state index contributed by atoms with van der Waals surface area (Å²) < 4.78 is 3.72. The Hall–Kier alpha value is -3.38. The van der Waals surface area contributed by atoms with Crippen LogP contribution in [0.5, 0.6) is 0 Å². The SMILES string of the molecule is Cc1c(C(=O)NCc2ccccc2Cn2ccnc2)cnn1-c1cccc(Cl)c1. The molecule has 0 unspecified atom stereocenters. The average molecular weight is 406 g/mol. The normalized spacial score (nSPS) is 10.8. The van der Waals surface area contributed by atoms with Gasteiger partial charge in [0.05, 0.1) is 29.5 Å². The highest BCUT2D eigenvalue weighted by molar-refractivity contribution is 6.30. The molecule has 0 aliphatic rings. The zero-order valence-electron chi connectivity index (χ0n) is 15.9. The quantitative estimate of drug-likeness (QED) is 0.527. The predicted octanol–water partition coefficient (Wildman–Crippen LogP) is 4.01. The van der Waals surface area contributed by atoms with Crippen LogP contribution in [0.4, 0.5) is 0 Å². The van der Waals surface area contributed by atoms with E-state index in [1.807, 2.05) is 54.1 Å². The van der Waals surface area contributed by atoms with Gasteiger partial charge >= 0.3 is 0 Å². The third-order valence-electron chi connectivity index (χ3n) is 4.78. The molecule has 0 radical (unpaired) electrons. The van der Waals surface area contributed by atoms with Crippen molar-refractivity contribution in [2.45, 2.75) is 20.0 Å². The minimum atomic E-state index is -0.159. The van der Waals surface area contributed by atoms with Gasteiger partial charge in [-0.15, -0.1) is 0 Å². The second-order valence-corrected chi connectivity index (χ2v) is 7.16. The zero-order valence-corrected chi connectivity index (χ0v) is 16.7. The summed E-state index contributed by atoms with van der Waals surface area (Å²) in [6, 6.07) is 15.4. The topological polar surface area (TPSA) is 64.7 Å². The number of hydrogen-bond acceptors (Lipinski definition) is 3. The maximum atomic E-state index is 12.8. The van der Waals surface area contributed by atoms with Crippen molar-refractivity contribution in [3.63, 3.8) is 0 Å². The smallest absolute Gasteiger partial charge is 0.255 e. The number of hydrogen-bond donors (Lipinski definition) is 1. The van der Waals surface area contributed by atoms with Gasteiger partial charge in [-0.2, -0.15) is 5.10 Å². The van der Waals surface area contributed by atoms with Gasteiger partial charge in [0, 0.05) is 30.5 Å². The summed E-state index contributed by atoms with van der Waals surface area (Å²) >= 11 is 6.07. The Balaban J connectivity index is 1.49. The molecule has 0 fully saturated rings. The number of benzene rings is 2. The lowest BCUT2D eigenvalue weighted by molar-refractivity contribution is 0.0950.